The van der Waals surface area contributed by atoms with Gasteiger partial charge in [-0.15, -0.1) is 0 Å². The van der Waals surface area contributed by atoms with E-state index in [-0.39, 0.29) is 4.31 Å². The van der Waals surface area contributed by atoms with Crippen LogP contribution in [0.15, 0.2) is 30.3 Å². The van der Waals surface area contributed by atoms with Gasteiger partial charge in [-0.3, -0.25) is 0 Å². The van der Waals surface area contributed by atoms with Crippen LogP contribution in [0, 0.1) is 0 Å². The summed E-state index contributed by atoms with van der Waals surface area (Å²) in [6.07, 6.45) is 4.03. The van der Waals surface area contributed by atoms with E-state index in [9.17, 15) is 4.79 Å². The Labute approximate surface area is 97.4 Å². The van der Waals surface area contributed by atoms with Gasteiger partial charge in [-0.2, -0.15) is 0 Å². The molecule has 1 aromatic rings. The normalized spacial score (nSPS) is 25.8. The van der Waals surface area contributed by atoms with Crippen LogP contribution in [-0.2, 0) is 4.79 Å². The molecule has 1 saturated carbocycles. The molecule has 1 aromatic carbocycles. The second kappa shape index (κ2) is 4.51. The van der Waals surface area contributed by atoms with E-state index in [1.54, 1.807) is 0 Å². The molecule has 2 heteroatoms. The first-order valence-corrected chi connectivity index (χ1v) is 7.25. The molecule has 15 heavy (non-hydrogen) atoms. The number of Topliss-reactive ketones (excluding diaryl/α,β-unsaturated/α-hetero) is 1. The number of benzene rings is 1. The zero-order valence-corrected chi connectivity index (χ0v) is 10.7. The average molecular weight is 267 g/mol. The van der Waals surface area contributed by atoms with Gasteiger partial charge in [0.2, 0.25) is 0 Å². The first-order chi connectivity index (χ1) is 7.27. The molecule has 80 valence electrons. The summed E-state index contributed by atoms with van der Waals surface area (Å²) in [5, 5.41) is 0. The fraction of sp³-hybridized carbons (Fsp3) is 0.462. The van der Waals surface area contributed by atoms with Crippen molar-refractivity contribution in [1.29, 1.82) is 0 Å². The second-order valence-electron chi connectivity index (χ2n) is 4.04. The predicted octanol–water partition coefficient (Wildman–Crippen LogP) is 2.34. The molecule has 0 amide bonds. The Morgan fingerprint density at radius 2 is 2.07 bits per heavy atom. The van der Waals surface area contributed by atoms with Crippen molar-refractivity contribution in [1.82, 2.24) is 0 Å². The first kappa shape index (κ1) is 10.9. The van der Waals surface area contributed by atoms with Crippen LogP contribution >= 0.6 is 0 Å². The Balaban J connectivity index is 2.19. The zero-order valence-electron chi connectivity index (χ0n) is 9.03. The summed E-state index contributed by atoms with van der Waals surface area (Å²) in [7, 11) is 0. The van der Waals surface area contributed by atoms with E-state index in [1.807, 2.05) is 6.07 Å². The van der Waals surface area contributed by atoms with Crippen molar-refractivity contribution in [3.05, 3.63) is 30.3 Å². The van der Waals surface area contributed by atoms with E-state index in [2.05, 4.69) is 31.2 Å². The van der Waals surface area contributed by atoms with Crippen LogP contribution in [0.25, 0.3) is 0 Å². The molecule has 0 radical (unpaired) electrons. The third-order valence-electron chi connectivity index (χ3n) is 3.12. The number of hydrogen-bond donors (Lipinski definition) is 0. The van der Waals surface area contributed by atoms with Gasteiger partial charge in [-0.05, 0) is 0 Å². The van der Waals surface area contributed by atoms with Crippen LogP contribution in [0.1, 0.15) is 32.6 Å². The quantitative estimate of drug-likeness (QED) is 0.768. The van der Waals surface area contributed by atoms with Crippen molar-refractivity contribution in [3.8, 4) is 0 Å². The molecule has 1 nitrogen and oxygen atoms in total. The molecule has 1 aliphatic rings. The van der Waals surface area contributed by atoms with Crippen molar-refractivity contribution in [2.75, 3.05) is 0 Å². The second-order valence-corrected chi connectivity index (χ2v) is 7.10. The third-order valence-corrected chi connectivity index (χ3v) is 6.52. The minimum atomic E-state index is 0.0222. The van der Waals surface area contributed by atoms with Gasteiger partial charge in [0.05, 0.1) is 0 Å². The van der Waals surface area contributed by atoms with Crippen LogP contribution in [0.5, 0.6) is 0 Å². The summed E-state index contributed by atoms with van der Waals surface area (Å²) in [4.78, 5) is 11.9. The maximum absolute atomic E-state index is 11.9. The average Bonchev–Trinajstić information content (AvgIpc) is 2.62. The number of carbonyl (C=O) groups is 1. The van der Waals surface area contributed by atoms with Crippen LogP contribution in [0.2, 0.25) is 4.31 Å². The van der Waals surface area contributed by atoms with Gasteiger partial charge in [0.25, 0.3) is 0 Å². The van der Waals surface area contributed by atoms with E-state index >= 15 is 0 Å². The van der Waals surface area contributed by atoms with Crippen LogP contribution in [0.3, 0.4) is 0 Å². The van der Waals surface area contributed by atoms with Crippen molar-refractivity contribution >= 4 is 25.2 Å². The van der Waals surface area contributed by atoms with Gasteiger partial charge in [0.15, 0.2) is 0 Å². The topological polar surface area (TPSA) is 17.1 Å². The number of hydrogen-bond acceptors (Lipinski definition) is 1. The van der Waals surface area contributed by atoms with E-state index < -0.39 is 0 Å². The van der Waals surface area contributed by atoms with Crippen LogP contribution < -0.4 is 4.46 Å². The minimum absolute atomic E-state index is 0.0222. The molecule has 0 saturated heterocycles. The number of ketones is 1. The van der Waals surface area contributed by atoms with E-state index in [1.165, 1.54) is 4.46 Å². The van der Waals surface area contributed by atoms with Crippen molar-refractivity contribution in [2.45, 2.75) is 36.9 Å². The monoisotopic (exact) mass is 268 g/mol. The molecule has 0 bridgehead atoms. The molecule has 2 rings (SSSR count). The molecule has 1 fully saturated rings. The third kappa shape index (κ3) is 2.16. The van der Waals surface area contributed by atoms with E-state index in [0.717, 1.165) is 25.7 Å². The molecule has 1 atom stereocenters. The molecule has 0 heterocycles. The molecule has 1 unspecified atom stereocenters. The SMILES string of the molecule is CCC1([Se]c2ccccc2)CCCC1=O. The fourth-order valence-electron chi connectivity index (χ4n) is 2.17. The summed E-state index contributed by atoms with van der Waals surface area (Å²) in [5.74, 6) is 0.508. The Hall–Kier alpha value is -0.591. The molecule has 1 aliphatic carbocycles. The maximum atomic E-state index is 11.9. The van der Waals surface area contributed by atoms with Gasteiger partial charge in [0, 0.05) is 0 Å². The summed E-state index contributed by atoms with van der Waals surface area (Å²) < 4.78 is 1.39. The van der Waals surface area contributed by atoms with Crippen LogP contribution in [0.4, 0.5) is 0 Å². The summed E-state index contributed by atoms with van der Waals surface area (Å²) >= 11 is 0.316. The standard InChI is InChI=1S/C13H16OSe/c1-2-13(10-6-9-12(13)14)15-11-7-4-3-5-8-11/h3-5,7-8H,2,6,9-10H2,1H3. The van der Waals surface area contributed by atoms with Crippen molar-refractivity contribution < 1.29 is 4.79 Å². The Bertz CT molecular complexity index is 347. The van der Waals surface area contributed by atoms with Gasteiger partial charge >= 0.3 is 97.2 Å². The van der Waals surface area contributed by atoms with Crippen molar-refractivity contribution in [3.63, 3.8) is 0 Å². The molecule has 0 N–H and O–H groups in total. The predicted molar refractivity (Wildman–Crippen MR) is 63.7 cm³/mol. The Kier molecular flexibility index (Phi) is 3.28. The molecule has 0 aromatic heterocycles. The van der Waals surface area contributed by atoms with Crippen LogP contribution in [-0.4, -0.2) is 20.7 Å². The van der Waals surface area contributed by atoms with E-state index in [4.69, 9.17) is 0 Å². The molecular formula is C13H16OSe. The Morgan fingerprint density at radius 1 is 1.33 bits per heavy atom. The summed E-state index contributed by atoms with van der Waals surface area (Å²) in [5.41, 5.74) is 0. The summed E-state index contributed by atoms with van der Waals surface area (Å²) in [6, 6.07) is 10.5. The van der Waals surface area contributed by atoms with Gasteiger partial charge in [-0.25, -0.2) is 0 Å². The Morgan fingerprint density at radius 3 is 2.60 bits per heavy atom. The van der Waals surface area contributed by atoms with Crippen molar-refractivity contribution in [2.24, 2.45) is 0 Å². The zero-order chi connectivity index (χ0) is 10.7. The number of rotatable bonds is 3. The number of carbonyl (C=O) groups excluding carboxylic acids is 1. The van der Waals surface area contributed by atoms with Gasteiger partial charge in [0.1, 0.15) is 0 Å². The first-order valence-electron chi connectivity index (χ1n) is 5.54. The van der Waals surface area contributed by atoms with Gasteiger partial charge in [-0.1, -0.05) is 0 Å². The molecular weight excluding hydrogens is 251 g/mol. The van der Waals surface area contributed by atoms with Gasteiger partial charge < -0.3 is 0 Å². The fourth-order valence-corrected chi connectivity index (χ4v) is 5.00. The van der Waals surface area contributed by atoms with E-state index in [0.29, 0.717) is 20.7 Å². The molecule has 0 aliphatic heterocycles. The summed E-state index contributed by atoms with van der Waals surface area (Å²) in [6.45, 7) is 2.16. The molecule has 0 spiro atoms.